The van der Waals surface area contributed by atoms with E-state index in [2.05, 4.69) is 5.32 Å². The lowest BCUT2D eigenvalue weighted by molar-refractivity contribution is -0.149. The van der Waals surface area contributed by atoms with Gasteiger partial charge in [0.2, 0.25) is 0 Å². The minimum Gasteiger partial charge on any atom is -0.481 e. The van der Waals surface area contributed by atoms with Crippen LogP contribution in [-0.2, 0) is 14.3 Å². The number of carbonyl (C=O) groups is 3. The maximum absolute atomic E-state index is 12.8. The van der Waals surface area contributed by atoms with Crippen LogP contribution in [0.5, 0.6) is 5.75 Å². The maximum atomic E-state index is 12.8. The van der Waals surface area contributed by atoms with Crippen molar-refractivity contribution in [2.75, 3.05) is 31.6 Å². The Hall–Kier alpha value is -2.57. The number of benzene rings is 1. The zero-order valence-electron chi connectivity index (χ0n) is 13.5. The number of piperidine rings is 1. The van der Waals surface area contributed by atoms with Crippen LogP contribution in [0.4, 0.5) is 5.69 Å². The lowest BCUT2D eigenvalue weighted by atomic mass is 9.96. The molecule has 0 radical (unpaired) electrons. The Balaban J connectivity index is 1.69. The van der Waals surface area contributed by atoms with Gasteiger partial charge in [-0.25, -0.2) is 0 Å². The van der Waals surface area contributed by atoms with Crippen molar-refractivity contribution in [1.29, 1.82) is 0 Å². The zero-order chi connectivity index (χ0) is 17.1. The fourth-order valence-corrected chi connectivity index (χ4v) is 3.03. The number of para-hydroxylation sites is 1. The van der Waals surface area contributed by atoms with Crippen molar-refractivity contribution in [1.82, 2.24) is 4.90 Å². The second-order valence-electron chi connectivity index (χ2n) is 5.84. The van der Waals surface area contributed by atoms with Gasteiger partial charge < -0.3 is 19.7 Å². The number of amides is 2. The van der Waals surface area contributed by atoms with Crippen LogP contribution in [0, 0.1) is 5.92 Å². The van der Waals surface area contributed by atoms with E-state index >= 15 is 0 Å². The molecule has 1 saturated heterocycles. The van der Waals surface area contributed by atoms with Gasteiger partial charge in [-0.3, -0.25) is 14.4 Å². The van der Waals surface area contributed by atoms with Gasteiger partial charge in [0.1, 0.15) is 0 Å². The van der Waals surface area contributed by atoms with Crippen molar-refractivity contribution in [3.63, 3.8) is 0 Å². The van der Waals surface area contributed by atoms with Crippen molar-refractivity contribution in [2.24, 2.45) is 5.92 Å². The first-order chi connectivity index (χ1) is 11.6. The fraction of sp³-hybridized carbons (Fsp3) is 0.471. The number of ether oxygens (including phenoxy) is 2. The van der Waals surface area contributed by atoms with Gasteiger partial charge in [-0.2, -0.15) is 0 Å². The lowest BCUT2D eigenvalue weighted by Crippen LogP contribution is -2.41. The largest absolute Gasteiger partial charge is 0.481 e. The number of esters is 1. The van der Waals surface area contributed by atoms with E-state index in [1.807, 2.05) is 0 Å². The third-order valence-corrected chi connectivity index (χ3v) is 4.27. The number of carbonyl (C=O) groups excluding carboxylic acids is 3. The van der Waals surface area contributed by atoms with Crippen LogP contribution >= 0.6 is 0 Å². The van der Waals surface area contributed by atoms with Gasteiger partial charge in [0.25, 0.3) is 11.8 Å². The molecule has 128 valence electrons. The first kappa shape index (κ1) is 16.3. The third kappa shape index (κ3) is 3.20. The minimum absolute atomic E-state index is 0.0950. The van der Waals surface area contributed by atoms with Crippen LogP contribution in [0.2, 0.25) is 0 Å². The normalized spacial score (nSPS) is 17.5. The van der Waals surface area contributed by atoms with Crippen molar-refractivity contribution in [3.05, 3.63) is 23.8 Å². The molecular weight excluding hydrogens is 312 g/mol. The molecule has 2 heterocycles. The van der Waals surface area contributed by atoms with Gasteiger partial charge in [0, 0.05) is 13.1 Å². The number of rotatable bonds is 3. The molecule has 2 aliphatic heterocycles. The number of nitrogens with one attached hydrogen (secondary N) is 1. The average Bonchev–Trinajstić information content (AvgIpc) is 2.60. The topological polar surface area (TPSA) is 84.9 Å². The van der Waals surface area contributed by atoms with Crippen LogP contribution in [0.3, 0.4) is 0 Å². The van der Waals surface area contributed by atoms with Gasteiger partial charge in [0.05, 0.1) is 23.8 Å². The Morgan fingerprint density at radius 3 is 2.79 bits per heavy atom. The molecule has 0 spiro atoms. The van der Waals surface area contributed by atoms with Gasteiger partial charge in [-0.05, 0) is 31.9 Å². The number of hydrogen-bond acceptors (Lipinski definition) is 5. The molecule has 0 aliphatic carbocycles. The molecular formula is C17H20N2O5. The molecule has 2 amide bonds. The molecule has 1 aromatic carbocycles. The summed E-state index contributed by atoms with van der Waals surface area (Å²) >= 11 is 0. The molecule has 1 aromatic rings. The summed E-state index contributed by atoms with van der Waals surface area (Å²) in [5.74, 6) is -0.302. The molecule has 3 rings (SSSR count). The summed E-state index contributed by atoms with van der Waals surface area (Å²) in [7, 11) is 0. The summed E-state index contributed by atoms with van der Waals surface area (Å²) in [5, 5.41) is 2.70. The van der Waals surface area contributed by atoms with Crippen LogP contribution in [-0.4, -0.2) is 49.0 Å². The van der Waals surface area contributed by atoms with E-state index in [0.717, 1.165) is 0 Å². The molecule has 0 bridgehead atoms. The van der Waals surface area contributed by atoms with E-state index < -0.39 is 0 Å². The van der Waals surface area contributed by atoms with Crippen LogP contribution in [0.25, 0.3) is 0 Å². The highest BCUT2D eigenvalue weighted by atomic mass is 16.5. The van der Waals surface area contributed by atoms with E-state index in [0.29, 0.717) is 49.5 Å². The summed E-state index contributed by atoms with van der Waals surface area (Å²) < 4.78 is 10.5. The van der Waals surface area contributed by atoms with Crippen molar-refractivity contribution in [2.45, 2.75) is 19.8 Å². The third-order valence-electron chi connectivity index (χ3n) is 4.27. The number of fused-ring (bicyclic) bond motifs is 1. The summed E-state index contributed by atoms with van der Waals surface area (Å²) in [6.45, 7) is 3.06. The quantitative estimate of drug-likeness (QED) is 0.847. The summed E-state index contributed by atoms with van der Waals surface area (Å²) in [6, 6.07) is 5.11. The Labute approximate surface area is 139 Å². The van der Waals surface area contributed by atoms with E-state index in [-0.39, 0.29) is 30.3 Å². The standard InChI is InChI=1S/C17H20N2O5/c1-2-23-17(22)11-6-8-19(9-7-11)16(21)12-4-3-5-13-15(12)24-10-14(20)18-13/h3-5,11H,2,6-10H2,1H3,(H,18,20). The second-order valence-corrected chi connectivity index (χ2v) is 5.84. The molecule has 0 saturated carbocycles. The molecule has 7 heteroatoms. The van der Waals surface area contributed by atoms with E-state index in [4.69, 9.17) is 9.47 Å². The monoisotopic (exact) mass is 332 g/mol. The summed E-state index contributed by atoms with van der Waals surface area (Å²) in [4.78, 5) is 37.7. The van der Waals surface area contributed by atoms with Gasteiger partial charge in [-0.1, -0.05) is 6.07 Å². The highest BCUT2D eigenvalue weighted by Crippen LogP contribution is 2.33. The predicted octanol–water partition coefficient (Wildman–Crippen LogP) is 1.43. The Kier molecular flexibility index (Phi) is 4.69. The first-order valence-electron chi connectivity index (χ1n) is 8.11. The van der Waals surface area contributed by atoms with Gasteiger partial charge >= 0.3 is 5.97 Å². The van der Waals surface area contributed by atoms with Gasteiger partial charge in [-0.15, -0.1) is 0 Å². The molecule has 1 fully saturated rings. The number of anilines is 1. The lowest BCUT2D eigenvalue weighted by Gasteiger charge is -2.31. The van der Waals surface area contributed by atoms with E-state index in [1.54, 1.807) is 30.0 Å². The van der Waals surface area contributed by atoms with Crippen molar-refractivity contribution in [3.8, 4) is 5.75 Å². The van der Waals surface area contributed by atoms with E-state index in [9.17, 15) is 14.4 Å². The number of nitrogens with zero attached hydrogens (tertiary/aromatic N) is 1. The SMILES string of the molecule is CCOC(=O)C1CCN(C(=O)c2cccc3c2OCC(=O)N3)CC1. The number of likely N-dealkylation sites (tertiary alicyclic amines) is 1. The summed E-state index contributed by atoms with van der Waals surface area (Å²) in [5.41, 5.74) is 0.945. The Bertz CT molecular complexity index is 665. The average molecular weight is 332 g/mol. The van der Waals surface area contributed by atoms with Crippen LogP contribution < -0.4 is 10.1 Å². The molecule has 0 aromatic heterocycles. The zero-order valence-corrected chi connectivity index (χ0v) is 13.5. The van der Waals surface area contributed by atoms with Crippen LogP contribution in [0.15, 0.2) is 18.2 Å². The maximum Gasteiger partial charge on any atom is 0.309 e. The minimum atomic E-state index is -0.234. The summed E-state index contributed by atoms with van der Waals surface area (Å²) in [6.07, 6.45) is 1.19. The Morgan fingerprint density at radius 2 is 2.08 bits per heavy atom. The molecule has 1 N–H and O–H groups in total. The number of hydrogen-bond donors (Lipinski definition) is 1. The molecule has 7 nitrogen and oxygen atoms in total. The van der Waals surface area contributed by atoms with E-state index in [1.165, 1.54) is 0 Å². The van der Waals surface area contributed by atoms with Crippen LogP contribution in [0.1, 0.15) is 30.1 Å². The first-order valence-corrected chi connectivity index (χ1v) is 8.11. The smallest absolute Gasteiger partial charge is 0.309 e. The van der Waals surface area contributed by atoms with Crippen molar-refractivity contribution < 1.29 is 23.9 Å². The molecule has 0 atom stereocenters. The highest BCUT2D eigenvalue weighted by Gasteiger charge is 2.31. The van der Waals surface area contributed by atoms with Gasteiger partial charge in [0.15, 0.2) is 12.4 Å². The molecule has 2 aliphatic rings. The predicted molar refractivity (Wildman–Crippen MR) is 85.8 cm³/mol. The molecule has 0 unspecified atom stereocenters. The Morgan fingerprint density at radius 1 is 1.33 bits per heavy atom. The second kappa shape index (κ2) is 6.90. The molecule has 24 heavy (non-hydrogen) atoms. The highest BCUT2D eigenvalue weighted by molar-refractivity contribution is 6.03. The fourth-order valence-electron chi connectivity index (χ4n) is 3.03. The van der Waals surface area contributed by atoms with Crippen molar-refractivity contribution >= 4 is 23.5 Å².